The normalized spacial score (nSPS) is 20.3. The molecule has 0 saturated carbocycles. The van der Waals surface area contributed by atoms with Crippen molar-refractivity contribution in [1.82, 2.24) is 16.0 Å². The Morgan fingerprint density at radius 2 is 0.837 bits per heavy atom. The van der Waals surface area contributed by atoms with Crippen LogP contribution in [0.15, 0.2) is 36.4 Å². The van der Waals surface area contributed by atoms with E-state index in [1.807, 2.05) is 0 Å². The quantitative estimate of drug-likeness (QED) is 0.164. The molecule has 9 heteroatoms. The van der Waals surface area contributed by atoms with Crippen molar-refractivity contribution in [1.29, 1.82) is 0 Å². The molecule has 0 bridgehead atoms. The first-order valence-corrected chi connectivity index (χ1v) is 18.0. The molecule has 0 amide bonds. The molecule has 6 rings (SSSR count). The predicted molar refractivity (Wildman–Crippen MR) is 193 cm³/mol. The molecule has 0 radical (unpaired) electrons. The number of hydrogen-bond acceptors (Lipinski definition) is 9. The van der Waals surface area contributed by atoms with Gasteiger partial charge >= 0.3 is 0 Å². The predicted octanol–water partition coefficient (Wildman–Crippen LogP) is 6.66. The number of methoxy groups -OCH3 is 6. The van der Waals surface area contributed by atoms with Gasteiger partial charge in [-0.05, 0) is 140 Å². The van der Waals surface area contributed by atoms with E-state index >= 15 is 0 Å². The van der Waals surface area contributed by atoms with E-state index in [1.54, 1.807) is 42.7 Å². The molecule has 0 saturated heterocycles. The topological polar surface area (TPSA) is 91.5 Å². The number of fused-ring (bicyclic) bond motifs is 3. The molecule has 3 aliphatic heterocycles. The summed E-state index contributed by atoms with van der Waals surface area (Å²) in [6.07, 6.45) is 9.64. The molecule has 0 fully saturated rings. The molecule has 3 aromatic rings. The second-order valence-corrected chi connectivity index (χ2v) is 13.5. The smallest absolute Gasteiger partial charge is 0.161 e. The summed E-state index contributed by atoms with van der Waals surface area (Å²) in [5.74, 6) is 5.30. The molecule has 3 atom stereocenters. The molecule has 9 nitrogen and oxygen atoms in total. The standard InChI is InChI=1S/C40H55N3O6/c1-44-34-19-26-13-16-41-32(29(26)22-37(34)47-4)11-7-9-25(40-31-24-39(49-6)36(46-3)21-28(31)15-18-43-40)10-8-12-33-30-23-38(48-5)35(45-2)20-27(30)14-17-42-33/h19-25,32-33,40-43H,7-18H2,1-6H3. The van der Waals surface area contributed by atoms with E-state index in [0.29, 0.717) is 18.0 Å². The molecule has 49 heavy (non-hydrogen) atoms. The fourth-order valence-electron chi connectivity index (χ4n) is 8.43. The Morgan fingerprint density at radius 1 is 0.490 bits per heavy atom. The zero-order valence-corrected chi connectivity index (χ0v) is 30.2. The Bertz CT molecular complexity index is 1500. The van der Waals surface area contributed by atoms with E-state index in [-0.39, 0.29) is 6.04 Å². The van der Waals surface area contributed by atoms with Crippen LogP contribution >= 0.6 is 0 Å². The molecule has 266 valence electrons. The fraction of sp³-hybridized carbons (Fsp3) is 0.550. The Hall–Kier alpha value is -3.66. The van der Waals surface area contributed by atoms with E-state index in [0.717, 1.165) is 112 Å². The summed E-state index contributed by atoms with van der Waals surface area (Å²) in [6.45, 7) is 2.91. The van der Waals surface area contributed by atoms with Crippen LogP contribution in [-0.2, 0) is 19.3 Å². The van der Waals surface area contributed by atoms with Gasteiger partial charge in [-0.25, -0.2) is 0 Å². The van der Waals surface area contributed by atoms with Gasteiger partial charge in [-0.15, -0.1) is 0 Å². The summed E-state index contributed by atoms with van der Waals surface area (Å²) in [4.78, 5) is 0. The van der Waals surface area contributed by atoms with Crippen LogP contribution in [0.2, 0.25) is 0 Å². The largest absolute Gasteiger partial charge is 0.493 e. The van der Waals surface area contributed by atoms with Gasteiger partial charge < -0.3 is 44.4 Å². The molecule has 3 aliphatic rings. The number of rotatable bonds is 15. The third kappa shape index (κ3) is 7.59. The lowest BCUT2D eigenvalue weighted by Crippen LogP contribution is -2.35. The lowest BCUT2D eigenvalue weighted by molar-refractivity contribution is 0.280. The van der Waals surface area contributed by atoms with Crippen molar-refractivity contribution in [2.45, 2.75) is 75.9 Å². The van der Waals surface area contributed by atoms with E-state index in [2.05, 4.69) is 52.3 Å². The highest BCUT2D eigenvalue weighted by atomic mass is 16.5. The van der Waals surface area contributed by atoms with Crippen LogP contribution in [0, 0.1) is 5.92 Å². The van der Waals surface area contributed by atoms with E-state index in [4.69, 9.17) is 28.4 Å². The Balaban J connectivity index is 1.21. The highest BCUT2D eigenvalue weighted by molar-refractivity contribution is 5.51. The zero-order valence-electron chi connectivity index (χ0n) is 30.2. The van der Waals surface area contributed by atoms with Crippen LogP contribution in [0.1, 0.15) is 90.0 Å². The van der Waals surface area contributed by atoms with Crippen molar-refractivity contribution in [2.75, 3.05) is 62.3 Å². The molecule has 3 unspecified atom stereocenters. The number of nitrogens with one attached hydrogen (secondary N) is 3. The van der Waals surface area contributed by atoms with Gasteiger partial charge in [0.1, 0.15) is 0 Å². The van der Waals surface area contributed by atoms with Crippen molar-refractivity contribution in [3.8, 4) is 34.5 Å². The van der Waals surface area contributed by atoms with Gasteiger partial charge in [-0.1, -0.05) is 12.8 Å². The van der Waals surface area contributed by atoms with Crippen molar-refractivity contribution < 1.29 is 28.4 Å². The lowest BCUT2D eigenvalue weighted by atomic mass is 9.79. The van der Waals surface area contributed by atoms with Gasteiger partial charge in [0.05, 0.1) is 42.7 Å². The molecular formula is C40H55N3O6. The summed E-state index contributed by atoms with van der Waals surface area (Å²) in [6, 6.07) is 14.0. The van der Waals surface area contributed by atoms with Gasteiger partial charge in [0.15, 0.2) is 34.5 Å². The summed E-state index contributed by atoms with van der Waals surface area (Å²) < 4.78 is 34.1. The van der Waals surface area contributed by atoms with Gasteiger partial charge in [0, 0.05) is 18.1 Å². The van der Waals surface area contributed by atoms with E-state index in [9.17, 15) is 0 Å². The Labute approximate surface area is 292 Å². The number of ether oxygens (including phenoxy) is 6. The lowest BCUT2D eigenvalue weighted by Gasteiger charge is -2.35. The molecule has 0 aromatic heterocycles. The van der Waals surface area contributed by atoms with Crippen LogP contribution in [-0.4, -0.2) is 62.3 Å². The van der Waals surface area contributed by atoms with Crippen molar-refractivity contribution in [2.24, 2.45) is 5.92 Å². The average Bonchev–Trinajstić information content (AvgIpc) is 3.15. The molecule has 3 aromatic carbocycles. The third-order valence-electron chi connectivity index (χ3n) is 11.0. The summed E-state index contributed by atoms with van der Waals surface area (Å²) in [7, 11) is 10.3. The van der Waals surface area contributed by atoms with E-state index in [1.165, 1.54) is 33.4 Å². The van der Waals surface area contributed by atoms with E-state index < -0.39 is 0 Å². The minimum atomic E-state index is 0.260. The zero-order chi connectivity index (χ0) is 34.3. The minimum Gasteiger partial charge on any atom is -0.493 e. The van der Waals surface area contributed by atoms with Gasteiger partial charge in [0.25, 0.3) is 0 Å². The highest BCUT2D eigenvalue weighted by Crippen LogP contribution is 2.43. The molecule has 3 heterocycles. The maximum Gasteiger partial charge on any atom is 0.161 e. The third-order valence-corrected chi connectivity index (χ3v) is 11.0. The van der Waals surface area contributed by atoms with Gasteiger partial charge in [-0.2, -0.15) is 0 Å². The van der Waals surface area contributed by atoms with Crippen molar-refractivity contribution in [3.63, 3.8) is 0 Å². The fourth-order valence-corrected chi connectivity index (χ4v) is 8.43. The molecule has 3 N–H and O–H groups in total. The van der Waals surface area contributed by atoms with Crippen LogP contribution in [0.25, 0.3) is 0 Å². The van der Waals surface area contributed by atoms with Gasteiger partial charge in [-0.3, -0.25) is 0 Å². The molecular weight excluding hydrogens is 618 g/mol. The van der Waals surface area contributed by atoms with Crippen molar-refractivity contribution >= 4 is 0 Å². The first-order valence-electron chi connectivity index (χ1n) is 18.0. The summed E-state index contributed by atoms with van der Waals surface area (Å²) in [5, 5.41) is 11.5. The summed E-state index contributed by atoms with van der Waals surface area (Å²) in [5.41, 5.74) is 8.11. The Kier molecular flexibility index (Phi) is 11.7. The average molecular weight is 674 g/mol. The minimum absolute atomic E-state index is 0.260. The van der Waals surface area contributed by atoms with Crippen molar-refractivity contribution in [3.05, 3.63) is 69.8 Å². The molecule has 0 spiro atoms. The van der Waals surface area contributed by atoms with Gasteiger partial charge in [0.2, 0.25) is 0 Å². The second kappa shape index (κ2) is 16.4. The number of benzene rings is 3. The monoisotopic (exact) mass is 673 g/mol. The highest BCUT2D eigenvalue weighted by Gasteiger charge is 2.31. The summed E-state index contributed by atoms with van der Waals surface area (Å²) >= 11 is 0. The molecule has 0 aliphatic carbocycles. The Morgan fingerprint density at radius 3 is 1.24 bits per heavy atom. The number of hydrogen-bond donors (Lipinski definition) is 3. The van der Waals surface area contributed by atoms with Crippen LogP contribution < -0.4 is 44.4 Å². The van der Waals surface area contributed by atoms with Crippen LogP contribution in [0.4, 0.5) is 0 Å². The maximum absolute atomic E-state index is 5.78. The second-order valence-electron chi connectivity index (χ2n) is 13.5. The maximum atomic E-state index is 5.78. The SMILES string of the molecule is COc1cc2c(cc1OC)C(CCCC(CCCC1NCCc3cc(OC)c(OC)cc31)C1NCCc3cc(OC)c(OC)cc31)NCC2. The van der Waals surface area contributed by atoms with Crippen LogP contribution in [0.3, 0.4) is 0 Å². The first-order chi connectivity index (χ1) is 24.0. The van der Waals surface area contributed by atoms with Crippen LogP contribution in [0.5, 0.6) is 34.5 Å². The first kappa shape index (κ1) is 35.2.